The van der Waals surface area contributed by atoms with Crippen molar-refractivity contribution in [2.24, 2.45) is 10.2 Å². The third kappa shape index (κ3) is 4.89. The molecular weight excluding hydrogens is 419 g/mol. The highest BCUT2D eigenvalue weighted by atomic mass is 32.2. The van der Waals surface area contributed by atoms with Crippen molar-refractivity contribution in [2.45, 2.75) is 6.54 Å². The topological polar surface area (TPSA) is 85.0 Å². The molecule has 156 valence electrons. The Morgan fingerprint density at radius 2 is 2.03 bits per heavy atom. The van der Waals surface area contributed by atoms with Crippen molar-refractivity contribution in [2.75, 3.05) is 7.11 Å². The van der Waals surface area contributed by atoms with E-state index in [2.05, 4.69) is 24.8 Å². The number of carbonyl (C=O) groups excluding carboxylic acids is 2. The van der Waals surface area contributed by atoms with E-state index in [1.807, 2.05) is 30.5 Å². The molecule has 31 heavy (non-hydrogen) atoms. The van der Waals surface area contributed by atoms with Gasteiger partial charge in [0.2, 0.25) is 0 Å². The van der Waals surface area contributed by atoms with Crippen LogP contribution in [-0.2, 0) is 20.9 Å². The van der Waals surface area contributed by atoms with Crippen LogP contribution < -0.4 is 5.32 Å². The maximum atomic E-state index is 13.1. The lowest BCUT2D eigenvalue weighted by Gasteiger charge is -2.06. The zero-order valence-electron chi connectivity index (χ0n) is 16.4. The van der Waals surface area contributed by atoms with Crippen LogP contribution in [-0.4, -0.2) is 34.9 Å². The lowest BCUT2D eigenvalue weighted by atomic mass is 10.1. The van der Waals surface area contributed by atoms with Crippen LogP contribution >= 0.6 is 11.8 Å². The van der Waals surface area contributed by atoms with Crippen LogP contribution in [0.4, 0.5) is 4.39 Å². The maximum Gasteiger partial charge on any atom is 0.331 e. The quantitative estimate of drug-likeness (QED) is 0.287. The zero-order valence-corrected chi connectivity index (χ0v) is 17.2. The molecule has 0 spiro atoms. The predicted octanol–water partition coefficient (Wildman–Crippen LogP) is 3.44. The largest absolute Gasteiger partial charge is 0.466 e. The van der Waals surface area contributed by atoms with E-state index in [1.54, 1.807) is 18.3 Å². The van der Waals surface area contributed by atoms with E-state index in [1.165, 1.54) is 19.2 Å². The number of nitrogens with one attached hydrogen (secondary N) is 1. The third-order valence-electron chi connectivity index (χ3n) is 4.52. The van der Waals surface area contributed by atoms with Crippen molar-refractivity contribution >= 4 is 45.9 Å². The van der Waals surface area contributed by atoms with Gasteiger partial charge in [0.1, 0.15) is 5.82 Å². The summed E-state index contributed by atoms with van der Waals surface area (Å²) in [5.41, 5.74) is 2.83. The van der Waals surface area contributed by atoms with Gasteiger partial charge in [-0.15, -0.1) is 5.10 Å². The number of thioether (sulfide) groups is 1. The molecule has 1 aliphatic heterocycles. The van der Waals surface area contributed by atoms with E-state index in [-0.39, 0.29) is 15.9 Å². The number of hydrogen-bond donors (Lipinski definition) is 1. The summed E-state index contributed by atoms with van der Waals surface area (Å²) in [5, 5.41) is 11.9. The van der Waals surface area contributed by atoms with Crippen molar-refractivity contribution < 1.29 is 18.7 Å². The SMILES string of the molecule is COC(=O)/C=C1/S/C(=N\N=Cc2ccc3ccn(Cc4ccc(F)cc4)c3c2)NC1=O. The fourth-order valence-electron chi connectivity index (χ4n) is 2.99. The first kappa shape index (κ1) is 20.5. The van der Waals surface area contributed by atoms with Gasteiger partial charge in [-0.25, -0.2) is 9.18 Å². The molecule has 9 heteroatoms. The Kier molecular flexibility index (Phi) is 5.94. The molecule has 1 amide bonds. The second-order valence-corrected chi connectivity index (χ2v) is 7.66. The fraction of sp³-hybridized carbons (Fsp3) is 0.0909. The number of methoxy groups -OCH3 is 1. The van der Waals surface area contributed by atoms with Gasteiger partial charge in [-0.2, -0.15) is 5.10 Å². The fourth-order valence-corrected chi connectivity index (χ4v) is 3.73. The van der Waals surface area contributed by atoms with E-state index in [4.69, 9.17) is 0 Å². The van der Waals surface area contributed by atoms with Gasteiger partial charge in [-0.3, -0.25) is 10.1 Å². The summed E-state index contributed by atoms with van der Waals surface area (Å²) in [6, 6.07) is 14.3. The Balaban J connectivity index is 1.50. The molecule has 0 aliphatic carbocycles. The number of amides is 1. The summed E-state index contributed by atoms with van der Waals surface area (Å²) in [5.74, 6) is -1.30. The lowest BCUT2D eigenvalue weighted by molar-refractivity contribution is -0.135. The standard InChI is InChI=1S/C22H17FN4O3S/c1-30-20(28)11-19-21(29)25-22(31-19)26-24-12-15-2-5-16-8-9-27(18(16)10-15)13-14-3-6-17(23)7-4-14/h2-12H,13H2,1H3,(H,25,26,29)/b19-11+,24-12?. The molecule has 4 rings (SSSR count). The molecule has 0 saturated carbocycles. The highest BCUT2D eigenvalue weighted by Gasteiger charge is 2.24. The first-order valence-corrected chi connectivity index (χ1v) is 10.1. The number of amidine groups is 1. The van der Waals surface area contributed by atoms with Crippen LogP contribution in [0.15, 0.2) is 75.9 Å². The monoisotopic (exact) mass is 436 g/mol. The van der Waals surface area contributed by atoms with E-state index >= 15 is 0 Å². The number of carbonyl (C=O) groups is 2. The van der Waals surface area contributed by atoms with Crippen LogP contribution in [0.25, 0.3) is 10.9 Å². The summed E-state index contributed by atoms with van der Waals surface area (Å²) in [6.45, 7) is 0.616. The summed E-state index contributed by atoms with van der Waals surface area (Å²) < 4.78 is 19.7. The van der Waals surface area contributed by atoms with E-state index in [0.717, 1.165) is 39.9 Å². The molecule has 1 fully saturated rings. The Morgan fingerprint density at radius 3 is 2.81 bits per heavy atom. The number of fused-ring (bicyclic) bond motifs is 1. The second kappa shape index (κ2) is 8.97. The summed E-state index contributed by atoms with van der Waals surface area (Å²) >= 11 is 1.01. The van der Waals surface area contributed by atoms with E-state index in [9.17, 15) is 14.0 Å². The molecule has 0 radical (unpaired) electrons. The maximum absolute atomic E-state index is 13.1. The van der Waals surface area contributed by atoms with Gasteiger partial charge in [0.15, 0.2) is 5.17 Å². The molecule has 3 aromatic rings. The number of rotatable bonds is 5. The molecule has 1 saturated heterocycles. The molecule has 0 atom stereocenters. The second-order valence-electron chi connectivity index (χ2n) is 6.63. The summed E-state index contributed by atoms with van der Waals surface area (Å²) in [7, 11) is 1.24. The van der Waals surface area contributed by atoms with Gasteiger partial charge in [0.25, 0.3) is 5.91 Å². The number of ether oxygens (including phenoxy) is 1. The minimum atomic E-state index is -0.612. The molecule has 0 unspecified atom stereocenters. The number of benzene rings is 2. The molecule has 2 aromatic carbocycles. The van der Waals surface area contributed by atoms with Crippen molar-refractivity contribution in [3.63, 3.8) is 0 Å². The minimum Gasteiger partial charge on any atom is -0.466 e. The van der Waals surface area contributed by atoms with Crippen molar-refractivity contribution in [1.82, 2.24) is 9.88 Å². The van der Waals surface area contributed by atoms with Crippen LogP contribution in [0.2, 0.25) is 0 Å². The molecule has 0 bridgehead atoms. The van der Waals surface area contributed by atoms with E-state index < -0.39 is 11.9 Å². The highest BCUT2D eigenvalue weighted by molar-refractivity contribution is 8.18. The Hall–Kier alpha value is -3.72. The van der Waals surface area contributed by atoms with Crippen LogP contribution in [0, 0.1) is 5.82 Å². The Labute approximate surface area is 181 Å². The zero-order chi connectivity index (χ0) is 21.8. The van der Waals surface area contributed by atoms with Crippen molar-refractivity contribution in [3.05, 3.63) is 82.7 Å². The van der Waals surface area contributed by atoms with Crippen LogP contribution in [0.5, 0.6) is 0 Å². The van der Waals surface area contributed by atoms with Gasteiger partial charge in [-0.05, 0) is 52.5 Å². The first-order chi connectivity index (χ1) is 15.0. The third-order valence-corrected chi connectivity index (χ3v) is 5.42. The van der Waals surface area contributed by atoms with Crippen LogP contribution in [0.3, 0.4) is 0 Å². The molecule has 1 N–H and O–H groups in total. The molecule has 1 aromatic heterocycles. The normalized spacial score (nSPS) is 16.5. The van der Waals surface area contributed by atoms with Gasteiger partial charge >= 0.3 is 5.97 Å². The van der Waals surface area contributed by atoms with Gasteiger partial charge in [0.05, 0.1) is 18.2 Å². The molecule has 2 heterocycles. The number of halogens is 1. The van der Waals surface area contributed by atoms with Gasteiger partial charge in [-0.1, -0.05) is 24.3 Å². The summed E-state index contributed by atoms with van der Waals surface area (Å²) in [4.78, 5) is 23.3. The van der Waals surface area contributed by atoms with E-state index in [0.29, 0.717) is 6.54 Å². The Morgan fingerprint density at radius 1 is 1.23 bits per heavy atom. The highest BCUT2D eigenvalue weighted by Crippen LogP contribution is 2.23. The average Bonchev–Trinajstić information content (AvgIpc) is 3.32. The number of aromatic nitrogens is 1. The first-order valence-electron chi connectivity index (χ1n) is 9.25. The average molecular weight is 436 g/mol. The number of nitrogens with zero attached hydrogens (tertiary/aromatic N) is 3. The summed E-state index contributed by atoms with van der Waals surface area (Å²) in [6.07, 6.45) is 4.67. The minimum absolute atomic E-state index is 0.195. The van der Waals surface area contributed by atoms with Gasteiger partial charge < -0.3 is 9.30 Å². The molecule has 7 nitrogen and oxygen atoms in total. The Bertz CT molecular complexity index is 1250. The smallest absolute Gasteiger partial charge is 0.331 e. The number of esters is 1. The van der Waals surface area contributed by atoms with Gasteiger partial charge in [0, 0.05) is 24.3 Å². The van der Waals surface area contributed by atoms with Crippen molar-refractivity contribution in [1.29, 1.82) is 0 Å². The van der Waals surface area contributed by atoms with Crippen molar-refractivity contribution in [3.8, 4) is 0 Å². The molecular formula is C22H17FN4O3S. The number of hydrogen-bond acceptors (Lipinski definition) is 6. The lowest BCUT2D eigenvalue weighted by Crippen LogP contribution is -2.19. The predicted molar refractivity (Wildman–Crippen MR) is 118 cm³/mol. The molecule has 1 aliphatic rings. The van der Waals surface area contributed by atoms with Crippen LogP contribution in [0.1, 0.15) is 11.1 Å².